The predicted octanol–water partition coefficient (Wildman–Crippen LogP) is 3.08. The summed E-state index contributed by atoms with van der Waals surface area (Å²) in [5.74, 6) is 5.58. The minimum Gasteiger partial charge on any atom is -0.489 e. The van der Waals surface area contributed by atoms with Crippen molar-refractivity contribution in [1.82, 2.24) is 15.2 Å². The fourth-order valence-corrected chi connectivity index (χ4v) is 4.09. The van der Waals surface area contributed by atoms with Crippen molar-refractivity contribution in [1.29, 1.82) is 0 Å². The molecule has 2 N–H and O–H groups in total. The molecule has 1 unspecified atom stereocenters. The monoisotopic (exact) mass is 530 g/mol. The summed E-state index contributed by atoms with van der Waals surface area (Å²) in [6.45, 7) is -0.760. The van der Waals surface area contributed by atoms with Gasteiger partial charge in [0.2, 0.25) is 5.67 Å². The average Bonchev–Trinajstić information content (AvgIpc) is 3.03. The molecule has 2 aliphatic rings. The minimum absolute atomic E-state index is 0.0656. The van der Waals surface area contributed by atoms with E-state index in [2.05, 4.69) is 22.1 Å². The highest BCUT2D eigenvalue weighted by Gasteiger charge is 2.45. The van der Waals surface area contributed by atoms with Crippen molar-refractivity contribution in [2.75, 3.05) is 31.6 Å². The smallest absolute Gasteiger partial charge is 0.407 e. The lowest BCUT2D eigenvalue weighted by Gasteiger charge is -2.38. The number of carbonyl (C=O) groups excluding carboxylic acids is 2. The van der Waals surface area contributed by atoms with E-state index in [-0.39, 0.29) is 25.4 Å². The largest absolute Gasteiger partial charge is 0.489 e. The molecule has 0 radical (unpaired) electrons. The van der Waals surface area contributed by atoms with Crippen LogP contribution in [0.5, 0.6) is 17.2 Å². The molecular weight excluding hydrogens is 507 g/mol. The first-order valence-corrected chi connectivity index (χ1v) is 11.9. The highest BCUT2D eigenvalue weighted by Crippen LogP contribution is 2.32. The van der Waals surface area contributed by atoms with E-state index in [4.69, 9.17) is 14.6 Å². The van der Waals surface area contributed by atoms with Crippen molar-refractivity contribution >= 4 is 23.6 Å². The van der Waals surface area contributed by atoms with Crippen LogP contribution in [-0.4, -0.2) is 71.4 Å². The lowest BCUT2D eigenvalue weighted by atomic mass is 9.97. The molecule has 1 aromatic heterocycles. The maximum Gasteiger partial charge on any atom is 0.407 e. The zero-order chi connectivity index (χ0) is 27.6. The molecule has 3 heterocycles. The summed E-state index contributed by atoms with van der Waals surface area (Å²) < 4.78 is 26.1. The van der Waals surface area contributed by atoms with Gasteiger partial charge in [0.05, 0.1) is 18.8 Å². The summed E-state index contributed by atoms with van der Waals surface area (Å²) in [6, 6.07) is 16.0. The molecular formula is C28H23FN4O6. The van der Waals surface area contributed by atoms with Crippen LogP contribution >= 0.6 is 0 Å². The third-order valence-corrected chi connectivity index (χ3v) is 6.19. The molecule has 1 fully saturated rings. The van der Waals surface area contributed by atoms with Crippen molar-refractivity contribution in [3.05, 3.63) is 78.1 Å². The molecule has 1 saturated heterocycles. The van der Waals surface area contributed by atoms with Gasteiger partial charge in [0.15, 0.2) is 0 Å². The van der Waals surface area contributed by atoms with E-state index in [0.29, 0.717) is 28.5 Å². The van der Waals surface area contributed by atoms with E-state index in [0.717, 1.165) is 4.90 Å². The van der Waals surface area contributed by atoms with Gasteiger partial charge in [-0.3, -0.25) is 19.5 Å². The molecule has 3 amide bonds. The molecule has 0 aliphatic carbocycles. The highest BCUT2D eigenvalue weighted by molar-refractivity contribution is 6.03. The van der Waals surface area contributed by atoms with Crippen molar-refractivity contribution < 1.29 is 33.4 Å². The number of carbonyl (C=O) groups is 3. The number of halogens is 1. The number of para-hydroxylation sites is 1. The number of likely N-dealkylation sites (N-methyl/N-ethyl adjacent to an activating group) is 1. The number of nitrogens with one attached hydrogen (secondary N) is 1. The van der Waals surface area contributed by atoms with Gasteiger partial charge in [0.25, 0.3) is 11.8 Å². The van der Waals surface area contributed by atoms with Crippen LogP contribution in [0.3, 0.4) is 0 Å². The van der Waals surface area contributed by atoms with Gasteiger partial charge >= 0.3 is 6.09 Å². The second-order valence-electron chi connectivity index (χ2n) is 9.06. The Hall–Kier alpha value is -5.11. The third-order valence-electron chi connectivity index (χ3n) is 6.19. The number of anilines is 1. The van der Waals surface area contributed by atoms with Gasteiger partial charge in [-0.1, -0.05) is 30.0 Å². The molecule has 5 rings (SSSR count). The Morgan fingerprint density at radius 2 is 1.92 bits per heavy atom. The molecule has 2 aromatic carbocycles. The van der Waals surface area contributed by atoms with Crippen LogP contribution in [0, 0.1) is 11.8 Å². The predicted molar refractivity (Wildman–Crippen MR) is 138 cm³/mol. The normalized spacial score (nSPS) is 17.4. The molecule has 1 atom stereocenters. The van der Waals surface area contributed by atoms with Crippen LogP contribution in [0.4, 0.5) is 14.9 Å². The zero-order valence-electron chi connectivity index (χ0n) is 20.8. The minimum atomic E-state index is -1.92. The van der Waals surface area contributed by atoms with E-state index in [1.165, 1.54) is 24.2 Å². The Bertz CT molecular complexity index is 1500. The van der Waals surface area contributed by atoms with Crippen LogP contribution in [0.25, 0.3) is 0 Å². The summed E-state index contributed by atoms with van der Waals surface area (Å²) in [5, 5.41) is 11.6. The number of amides is 3. The number of alkyl halides is 1. The Labute approximate surface area is 223 Å². The Balaban J connectivity index is 1.27. The Kier molecular flexibility index (Phi) is 6.77. The molecule has 198 valence electrons. The SMILES string of the molecule is CN1C(=O)C(NC(=O)c2cc(Oc3ccccc3)ccn2)COc2ccc(C#CC3(F)CN(C(=O)O)C3)cc21. The first-order valence-electron chi connectivity index (χ1n) is 11.9. The van der Waals surface area contributed by atoms with E-state index in [1.807, 2.05) is 18.2 Å². The lowest BCUT2D eigenvalue weighted by molar-refractivity contribution is -0.120. The van der Waals surface area contributed by atoms with E-state index >= 15 is 0 Å². The van der Waals surface area contributed by atoms with Crippen molar-refractivity contribution in [3.8, 4) is 29.1 Å². The number of likely N-dealkylation sites (tertiary alicyclic amines) is 1. The van der Waals surface area contributed by atoms with E-state index in [9.17, 15) is 18.8 Å². The Morgan fingerprint density at radius 3 is 2.67 bits per heavy atom. The van der Waals surface area contributed by atoms with Gasteiger partial charge in [-0.25, -0.2) is 9.18 Å². The van der Waals surface area contributed by atoms with Gasteiger partial charge in [-0.05, 0) is 36.4 Å². The zero-order valence-corrected chi connectivity index (χ0v) is 20.8. The van der Waals surface area contributed by atoms with Crippen molar-refractivity contribution in [3.63, 3.8) is 0 Å². The van der Waals surface area contributed by atoms with Crippen molar-refractivity contribution in [2.45, 2.75) is 11.7 Å². The fraction of sp³-hybridized carbons (Fsp3) is 0.214. The molecule has 39 heavy (non-hydrogen) atoms. The molecule has 10 nitrogen and oxygen atoms in total. The number of benzene rings is 2. The molecule has 11 heteroatoms. The van der Waals surface area contributed by atoms with Gasteiger partial charge in [-0.15, -0.1) is 0 Å². The summed E-state index contributed by atoms with van der Waals surface area (Å²) in [5.41, 5.74) is -1.04. The number of rotatable bonds is 4. The highest BCUT2D eigenvalue weighted by atomic mass is 19.1. The van der Waals surface area contributed by atoms with Gasteiger partial charge < -0.3 is 24.8 Å². The topological polar surface area (TPSA) is 121 Å². The van der Waals surface area contributed by atoms with E-state index in [1.54, 1.807) is 36.4 Å². The standard InChI is InChI=1S/C28H23FN4O6/c1-32-23-13-18(9-11-28(29)16-33(17-28)27(36)37)7-8-24(23)38-15-22(26(32)35)31-25(34)21-14-20(10-12-30-21)39-19-5-3-2-4-6-19/h2-8,10,12-14,22H,15-17H2,1H3,(H,31,34)(H,36,37). The van der Waals surface area contributed by atoms with Crippen LogP contribution in [0.2, 0.25) is 0 Å². The first-order chi connectivity index (χ1) is 18.7. The number of fused-ring (bicyclic) bond motifs is 1. The number of nitrogens with zero attached hydrogens (tertiary/aromatic N) is 3. The fourth-order valence-electron chi connectivity index (χ4n) is 4.09. The number of carboxylic acid groups (broad SMARTS) is 1. The van der Waals surface area contributed by atoms with Gasteiger partial charge in [0, 0.05) is 24.9 Å². The lowest BCUT2D eigenvalue weighted by Crippen LogP contribution is -2.59. The number of hydrogen-bond donors (Lipinski definition) is 2. The van der Waals surface area contributed by atoms with Gasteiger partial charge in [-0.2, -0.15) is 0 Å². The quantitative estimate of drug-likeness (QED) is 0.498. The van der Waals surface area contributed by atoms with Crippen LogP contribution < -0.4 is 19.7 Å². The second kappa shape index (κ2) is 10.3. The number of pyridine rings is 1. The number of aromatic nitrogens is 1. The molecule has 2 aliphatic heterocycles. The first kappa shape index (κ1) is 25.5. The molecule has 0 bridgehead atoms. The van der Waals surface area contributed by atoms with Crippen molar-refractivity contribution in [2.24, 2.45) is 0 Å². The van der Waals surface area contributed by atoms with Crippen LogP contribution in [-0.2, 0) is 4.79 Å². The number of hydrogen-bond acceptors (Lipinski definition) is 6. The molecule has 0 spiro atoms. The van der Waals surface area contributed by atoms with Crippen LogP contribution in [0.15, 0.2) is 66.9 Å². The third kappa shape index (κ3) is 5.60. The maximum atomic E-state index is 14.6. The van der Waals surface area contributed by atoms with Crippen LogP contribution in [0.1, 0.15) is 16.1 Å². The summed E-state index contributed by atoms with van der Waals surface area (Å²) in [7, 11) is 1.53. The summed E-state index contributed by atoms with van der Waals surface area (Å²) in [6.07, 6.45) is 0.242. The molecule has 0 saturated carbocycles. The summed E-state index contributed by atoms with van der Waals surface area (Å²) in [4.78, 5) is 43.4. The number of ether oxygens (including phenoxy) is 2. The van der Waals surface area contributed by atoms with Gasteiger partial charge in [0.1, 0.15) is 35.6 Å². The molecule has 3 aromatic rings. The maximum absolute atomic E-state index is 14.6. The average molecular weight is 531 g/mol. The Morgan fingerprint density at radius 1 is 1.15 bits per heavy atom. The van der Waals surface area contributed by atoms with E-state index < -0.39 is 29.6 Å². The second-order valence-corrected chi connectivity index (χ2v) is 9.06. The summed E-state index contributed by atoms with van der Waals surface area (Å²) >= 11 is 0.